The molecule has 3 aromatic rings. The van der Waals surface area contributed by atoms with Crippen LogP contribution in [-0.2, 0) is 6.54 Å². The van der Waals surface area contributed by atoms with Crippen LogP contribution in [0.2, 0.25) is 0 Å². The third kappa shape index (κ3) is 5.10. The molecule has 3 aromatic carbocycles. The van der Waals surface area contributed by atoms with Gasteiger partial charge in [-0.2, -0.15) is 0 Å². The van der Waals surface area contributed by atoms with Gasteiger partial charge in [-0.05, 0) is 70.8 Å². The molecular weight excluding hydrogens is 392 g/mol. The van der Waals surface area contributed by atoms with Crippen molar-refractivity contribution in [3.8, 4) is 11.1 Å². The van der Waals surface area contributed by atoms with Crippen LogP contribution in [0, 0.1) is 6.92 Å². The number of amidine groups is 1. The van der Waals surface area contributed by atoms with E-state index >= 15 is 0 Å². The van der Waals surface area contributed by atoms with Gasteiger partial charge in [0.05, 0.1) is 5.69 Å². The van der Waals surface area contributed by atoms with Gasteiger partial charge >= 0.3 is 0 Å². The summed E-state index contributed by atoms with van der Waals surface area (Å²) >= 11 is 5.88. The van der Waals surface area contributed by atoms with Gasteiger partial charge in [0.2, 0.25) is 0 Å². The molecule has 5 heteroatoms. The second-order valence-corrected chi connectivity index (χ2v) is 7.27. The highest BCUT2D eigenvalue weighted by Crippen LogP contribution is 2.35. The Morgan fingerprint density at radius 1 is 1.10 bits per heavy atom. The maximum Gasteiger partial charge on any atom is 0.193 e. The van der Waals surface area contributed by atoms with Gasteiger partial charge in [0.1, 0.15) is 0 Å². The summed E-state index contributed by atoms with van der Waals surface area (Å²) in [4.78, 5) is 4.31. The maximum atomic E-state index is 5.88. The molecule has 4 nitrogen and oxygen atoms in total. The van der Waals surface area contributed by atoms with Gasteiger partial charge in [-0.25, -0.2) is 4.99 Å². The zero-order valence-electron chi connectivity index (χ0n) is 16.9. The van der Waals surface area contributed by atoms with Crippen LogP contribution in [0.5, 0.6) is 0 Å². The number of aliphatic imine (C=N–C) groups is 1. The standard InChI is InChI=1S/C25H25ClN4/c1-17-11-12-19(15-21(17)13-14-27)16-29-18(2)24-22(20-7-4-3-5-8-20)9-6-10-23(24)30-25(26)28/h3-15,29H,2,16,27H2,1H3,(H2,28,30)/b14-13-. The van der Waals surface area contributed by atoms with Crippen LogP contribution in [0.3, 0.4) is 0 Å². The van der Waals surface area contributed by atoms with Crippen molar-refractivity contribution in [3.05, 3.63) is 102 Å². The fourth-order valence-corrected chi connectivity index (χ4v) is 3.40. The second kappa shape index (κ2) is 9.81. The van der Waals surface area contributed by atoms with Crippen LogP contribution in [-0.4, -0.2) is 5.29 Å². The van der Waals surface area contributed by atoms with Gasteiger partial charge in [0.15, 0.2) is 5.29 Å². The highest BCUT2D eigenvalue weighted by Gasteiger charge is 2.13. The molecule has 0 bridgehead atoms. The predicted octanol–water partition coefficient (Wildman–Crippen LogP) is 5.54. The zero-order chi connectivity index (χ0) is 21.5. The second-order valence-electron chi connectivity index (χ2n) is 6.88. The number of nitrogens with zero attached hydrogens (tertiary/aromatic N) is 1. The monoisotopic (exact) mass is 416 g/mol. The van der Waals surface area contributed by atoms with E-state index < -0.39 is 0 Å². The first-order chi connectivity index (χ1) is 14.5. The molecule has 0 saturated heterocycles. The van der Waals surface area contributed by atoms with Gasteiger partial charge in [-0.3, -0.25) is 0 Å². The van der Waals surface area contributed by atoms with Crippen LogP contribution in [0.15, 0.2) is 84.5 Å². The number of aryl methyl sites for hydroxylation is 1. The summed E-state index contributed by atoms with van der Waals surface area (Å²) in [5, 5.41) is 3.40. The number of hydrogen-bond donors (Lipinski definition) is 3. The molecule has 0 heterocycles. The molecule has 0 saturated carbocycles. The van der Waals surface area contributed by atoms with Crippen molar-refractivity contribution in [1.82, 2.24) is 5.32 Å². The van der Waals surface area contributed by atoms with Crippen LogP contribution in [0.4, 0.5) is 5.69 Å². The summed E-state index contributed by atoms with van der Waals surface area (Å²) in [5.41, 5.74) is 18.9. The molecule has 0 fully saturated rings. The lowest BCUT2D eigenvalue weighted by atomic mass is 9.96. The average molecular weight is 417 g/mol. The minimum absolute atomic E-state index is 0.0222. The number of nitrogens with two attached hydrogens (primary N) is 2. The molecule has 0 aliphatic heterocycles. The number of nitrogens with one attached hydrogen (secondary N) is 1. The maximum absolute atomic E-state index is 5.88. The molecule has 0 aromatic heterocycles. The van der Waals surface area contributed by atoms with Crippen LogP contribution >= 0.6 is 11.6 Å². The highest BCUT2D eigenvalue weighted by molar-refractivity contribution is 6.64. The first-order valence-electron chi connectivity index (χ1n) is 9.58. The third-order valence-corrected chi connectivity index (χ3v) is 4.87. The Morgan fingerprint density at radius 2 is 1.87 bits per heavy atom. The van der Waals surface area contributed by atoms with E-state index in [1.165, 1.54) is 5.56 Å². The van der Waals surface area contributed by atoms with E-state index in [0.29, 0.717) is 12.2 Å². The number of hydrogen-bond acceptors (Lipinski definition) is 3. The number of rotatable bonds is 7. The van der Waals surface area contributed by atoms with Crippen LogP contribution in [0.25, 0.3) is 22.9 Å². The van der Waals surface area contributed by atoms with Crippen molar-refractivity contribution < 1.29 is 0 Å². The molecule has 0 spiro atoms. The Labute approximate surface area is 182 Å². The molecule has 0 atom stereocenters. The van der Waals surface area contributed by atoms with Crippen molar-refractivity contribution in [2.24, 2.45) is 16.5 Å². The molecule has 0 amide bonds. The topological polar surface area (TPSA) is 76.4 Å². The largest absolute Gasteiger partial charge is 0.405 e. The van der Waals surface area contributed by atoms with Crippen molar-refractivity contribution in [1.29, 1.82) is 0 Å². The molecule has 152 valence electrons. The van der Waals surface area contributed by atoms with Crippen molar-refractivity contribution in [2.45, 2.75) is 13.5 Å². The molecule has 0 aliphatic rings. The Morgan fingerprint density at radius 3 is 2.57 bits per heavy atom. The van der Waals surface area contributed by atoms with Crippen LogP contribution < -0.4 is 16.8 Å². The Hall–Kier alpha value is -3.50. The lowest BCUT2D eigenvalue weighted by Gasteiger charge is -2.17. The fraction of sp³-hybridized carbons (Fsp3) is 0.0800. The normalized spacial score (nSPS) is 11.6. The zero-order valence-corrected chi connectivity index (χ0v) is 17.7. The summed E-state index contributed by atoms with van der Waals surface area (Å²) in [5.74, 6) is 0. The van der Waals surface area contributed by atoms with Gasteiger partial charge in [-0.1, -0.05) is 61.2 Å². The smallest absolute Gasteiger partial charge is 0.193 e. The minimum atomic E-state index is -0.0222. The average Bonchev–Trinajstić information content (AvgIpc) is 2.74. The molecular formula is C25H25ClN4. The van der Waals surface area contributed by atoms with E-state index in [0.717, 1.165) is 33.5 Å². The Kier molecular flexibility index (Phi) is 6.94. The van der Waals surface area contributed by atoms with E-state index in [4.69, 9.17) is 23.1 Å². The molecule has 3 rings (SSSR count). The van der Waals surface area contributed by atoms with E-state index in [1.807, 2.05) is 42.5 Å². The van der Waals surface area contributed by atoms with Crippen LogP contribution in [0.1, 0.15) is 22.3 Å². The highest BCUT2D eigenvalue weighted by atomic mass is 35.5. The number of benzene rings is 3. The summed E-state index contributed by atoms with van der Waals surface area (Å²) in [6.07, 6.45) is 3.45. The van der Waals surface area contributed by atoms with Gasteiger partial charge in [0, 0.05) is 17.8 Å². The Bertz CT molecular complexity index is 1100. The van der Waals surface area contributed by atoms with Crippen molar-refractivity contribution >= 4 is 34.4 Å². The summed E-state index contributed by atoms with van der Waals surface area (Å²) in [6, 6.07) is 22.2. The summed E-state index contributed by atoms with van der Waals surface area (Å²) < 4.78 is 0. The molecule has 30 heavy (non-hydrogen) atoms. The number of halogens is 1. The summed E-state index contributed by atoms with van der Waals surface area (Å²) in [6.45, 7) is 6.93. The Balaban J connectivity index is 1.95. The van der Waals surface area contributed by atoms with E-state index in [-0.39, 0.29) is 5.29 Å². The fourth-order valence-electron chi connectivity index (χ4n) is 3.30. The quantitative estimate of drug-likeness (QED) is 0.269. The van der Waals surface area contributed by atoms with Gasteiger partial charge in [0.25, 0.3) is 0 Å². The molecule has 0 radical (unpaired) electrons. The van der Waals surface area contributed by atoms with Crippen molar-refractivity contribution in [2.75, 3.05) is 0 Å². The van der Waals surface area contributed by atoms with Gasteiger partial charge in [-0.15, -0.1) is 0 Å². The summed E-state index contributed by atoms with van der Waals surface area (Å²) in [7, 11) is 0. The lowest BCUT2D eigenvalue weighted by molar-refractivity contribution is 0.891. The molecule has 5 N–H and O–H groups in total. The van der Waals surface area contributed by atoms with Crippen molar-refractivity contribution in [3.63, 3.8) is 0 Å². The molecule has 0 aliphatic carbocycles. The van der Waals surface area contributed by atoms with Gasteiger partial charge < -0.3 is 16.8 Å². The van der Waals surface area contributed by atoms with E-state index in [2.05, 4.69) is 54.1 Å². The minimum Gasteiger partial charge on any atom is -0.405 e. The first kappa shape index (κ1) is 21.2. The first-order valence-corrected chi connectivity index (χ1v) is 9.96. The third-order valence-electron chi connectivity index (χ3n) is 4.78. The SMILES string of the molecule is C=C(NCc1ccc(C)c(/C=C\N)c1)c1c(/N=C(\N)Cl)cccc1-c1ccccc1. The van der Waals surface area contributed by atoms with E-state index in [1.54, 1.807) is 6.20 Å². The lowest BCUT2D eigenvalue weighted by Crippen LogP contribution is -2.12. The molecule has 0 unspecified atom stereocenters. The predicted molar refractivity (Wildman–Crippen MR) is 129 cm³/mol. The van der Waals surface area contributed by atoms with E-state index in [9.17, 15) is 0 Å².